The number of thioether (sulfide) groups is 1. The summed E-state index contributed by atoms with van der Waals surface area (Å²) in [5, 5.41) is 10.9. The van der Waals surface area contributed by atoms with Crippen molar-refractivity contribution in [2.24, 2.45) is 5.41 Å². The summed E-state index contributed by atoms with van der Waals surface area (Å²) in [6, 6.07) is 0. The Hall–Kier alpha value is -0.260. The van der Waals surface area contributed by atoms with Gasteiger partial charge in [-0.2, -0.15) is 11.8 Å². The molecule has 2 fully saturated rings. The van der Waals surface area contributed by atoms with Crippen LogP contribution in [0.3, 0.4) is 0 Å². The smallest absolute Gasteiger partial charge is 0.314 e. The zero-order chi connectivity index (χ0) is 12.4. The van der Waals surface area contributed by atoms with Crippen LogP contribution in [0.15, 0.2) is 0 Å². The molecule has 1 unspecified atom stereocenters. The molecule has 0 amide bonds. The van der Waals surface area contributed by atoms with E-state index in [1.54, 1.807) is 11.8 Å². The average molecular weight is 260 g/mol. The molecule has 0 aliphatic carbocycles. The van der Waals surface area contributed by atoms with E-state index in [0.29, 0.717) is 38.2 Å². The van der Waals surface area contributed by atoms with E-state index in [-0.39, 0.29) is 5.97 Å². The lowest BCUT2D eigenvalue weighted by Gasteiger charge is -2.48. The first-order valence-electron chi connectivity index (χ1n) is 6.11. The molecule has 5 heteroatoms. The van der Waals surface area contributed by atoms with Crippen molar-refractivity contribution in [1.82, 2.24) is 0 Å². The molecule has 1 N–H and O–H groups in total. The van der Waals surface area contributed by atoms with Crippen LogP contribution in [0, 0.1) is 5.41 Å². The summed E-state index contributed by atoms with van der Waals surface area (Å²) in [7, 11) is 1.40. The summed E-state index contributed by atoms with van der Waals surface area (Å²) < 4.78 is 10.3. The predicted molar refractivity (Wildman–Crippen MR) is 66.0 cm³/mol. The Balaban J connectivity index is 2.27. The molecule has 0 spiro atoms. The Kier molecular flexibility index (Phi) is 4.00. The summed E-state index contributed by atoms with van der Waals surface area (Å²) >= 11 is 1.72. The molecule has 2 heterocycles. The van der Waals surface area contributed by atoms with Crippen LogP contribution in [0.4, 0.5) is 0 Å². The molecular weight excluding hydrogens is 240 g/mol. The van der Waals surface area contributed by atoms with Gasteiger partial charge in [-0.3, -0.25) is 4.79 Å². The normalized spacial score (nSPS) is 33.1. The van der Waals surface area contributed by atoms with Crippen molar-refractivity contribution in [2.45, 2.75) is 31.3 Å². The van der Waals surface area contributed by atoms with Gasteiger partial charge >= 0.3 is 5.97 Å². The Morgan fingerprint density at radius 3 is 2.59 bits per heavy atom. The van der Waals surface area contributed by atoms with Crippen molar-refractivity contribution < 1.29 is 19.4 Å². The van der Waals surface area contributed by atoms with Gasteiger partial charge in [0, 0.05) is 19.0 Å². The molecule has 2 aliphatic heterocycles. The lowest BCUT2D eigenvalue weighted by molar-refractivity contribution is -0.184. The maximum atomic E-state index is 12.1. The highest BCUT2D eigenvalue weighted by Gasteiger charge is 2.57. The summed E-state index contributed by atoms with van der Waals surface area (Å²) in [4.78, 5) is 12.1. The molecular formula is C12H20O4S. The standard InChI is InChI=1S/C12H20O4S/c1-15-10(13)11(4-6-16-7-5-11)12(14)3-2-8-17-9-12/h14H,2-9H2,1H3. The zero-order valence-corrected chi connectivity index (χ0v) is 11.1. The van der Waals surface area contributed by atoms with Crippen LogP contribution in [-0.2, 0) is 14.3 Å². The minimum absolute atomic E-state index is 0.272. The quantitative estimate of drug-likeness (QED) is 0.756. The Morgan fingerprint density at radius 2 is 2.06 bits per heavy atom. The molecule has 98 valence electrons. The Labute approximate surface area is 106 Å². The lowest BCUT2D eigenvalue weighted by Crippen LogP contribution is -2.58. The third-order valence-corrected chi connectivity index (χ3v) is 5.29. The van der Waals surface area contributed by atoms with Crippen LogP contribution in [0.25, 0.3) is 0 Å². The number of hydrogen-bond acceptors (Lipinski definition) is 5. The third-order valence-electron chi connectivity index (χ3n) is 4.03. The van der Waals surface area contributed by atoms with Gasteiger partial charge in [-0.1, -0.05) is 0 Å². The second-order valence-corrected chi connectivity index (χ2v) is 5.98. The molecule has 0 radical (unpaired) electrons. The van der Waals surface area contributed by atoms with E-state index in [9.17, 15) is 9.90 Å². The van der Waals surface area contributed by atoms with Crippen molar-refractivity contribution in [1.29, 1.82) is 0 Å². The van der Waals surface area contributed by atoms with E-state index in [1.165, 1.54) is 7.11 Å². The fourth-order valence-corrected chi connectivity index (χ4v) is 4.18. The monoisotopic (exact) mass is 260 g/mol. The number of hydrogen-bond donors (Lipinski definition) is 1. The first-order chi connectivity index (χ1) is 8.15. The zero-order valence-electron chi connectivity index (χ0n) is 10.2. The van der Waals surface area contributed by atoms with E-state index >= 15 is 0 Å². The van der Waals surface area contributed by atoms with Crippen molar-refractivity contribution in [2.75, 3.05) is 31.8 Å². The minimum atomic E-state index is -0.924. The minimum Gasteiger partial charge on any atom is -0.469 e. The van der Waals surface area contributed by atoms with E-state index in [1.807, 2.05) is 0 Å². The maximum absolute atomic E-state index is 12.1. The van der Waals surface area contributed by atoms with Crippen LogP contribution < -0.4 is 0 Å². The first-order valence-corrected chi connectivity index (χ1v) is 7.26. The van der Waals surface area contributed by atoms with Crippen LogP contribution in [-0.4, -0.2) is 48.5 Å². The Bertz CT molecular complexity index is 280. The van der Waals surface area contributed by atoms with Gasteiger partial charge in [0.15, 0.2) is 0 Å². The van der Waals surface area contributed by atoms with Crippen molar-refractivity contribution in [3.8, 4) is 0 Å². The number of carbonyl (C=O) groups excluding carboxylic acids is 1. The Morgan fingerprint density at radius 1 is 1.35 bits per heavy atom. The summed E-state index contributed by atoms with van der Waals surface area (Å²) in [6.07, 6.45) is 2.78. The van der Waals surface area contributed by atoms with E-state index in [4.69, 9.17) is 9.47 Å². The van der Waals surface area contributed by atoms with Gasteiger partial charge in [0.1, 0.15) is 5.41 Å². The highest BCUT2D eigenvalue weighted by molar-refractivity contribution is 7.99. The number of carbonyl (C=O) groups is 1. The van der Waals surface area contributed by atoms with Gasteiger partial charge in [0.25, 0.3) is 0 Å². The number of ether oxygens (including phenoxy) is 2. The highest BCUT2D eigenvalue weighted by Crippen LogP contribution is 2.48. The molecule has 0 aromatic heterocycles. The molecule has 0 saturated carbocycles. The number of methoxy groups -OCH3 is 1. The third kappa shape index (κ3) is 2.20. The molecule has 4 nitrogen and oxygen atoms in total. The summed E-state index contributed by atoms with van der Waals surface area (Å²) in [5.41, 5.74) is -1.68. The van der Waals surface area contributed by atoms with Gasteiger partial charge in [-0.15, -0.1) is 0 Å². The highest BCUT2D eigenvalue weighted by atomic mass is 32.2. The van der Waals surface area contributed by atoms with Crippen molar-refractivity contribution >= 4 is 17.7 Å². The maximum Gasteiger partial charge on any atom is 0.314 e. The molecule has 2 aliphatic rings. The number of rotatable bonds is 2. The fraction of sp³-hybridized carbons (Fsp3) is 0.917. The average Bonchev–Trinajstić information content (AvgIpc) is 2.39. The molecule has 1 atom stereocenters. The predicted octanol–water partition coefficient (Wildman–Crippen LogP) is 1.21. The van der Waals surface area contributed by atoms with Crippen LogP contribution >= 0.6 is 11.8 Å². The van der Waals surface area contributed by atoms with Crippen LogP contribution in [0.2, 0.25) is 0 Å². The van der Waals surface area contributed by atoms with Crippen LogP contribution in [0.5, 0.6) is 0 Å². The van der Waals surface area contributed by atoms with E-state index < -0.39 is 11.0 Å². The number of aliphatic hydroxyl groups is 1. The fourth-order valence-electron chi connectivity index (χ4n) is 2.93. The number of esters is 1. The van der Waals surface area contributed by atoms with E-state index in [2.05, 4.69) is 0 Å². The van der Waals surface area contributed by atoms with Crippen molar-refractivity contribution in [3.63, 3.8) is 0 Å². The van der Waals surface area contributed by atoms with Gasteiger partial charge < -0.3 is 14.6 Å². The molecule has 0 aromatic carbocycles. The largest absolute Gasteiger partial charge is 0.469 e. The second kappa shape index (κ2) is 5.16. The second-order valence-electron chi connectivity index (χ2n) is 4.87. The summed E-state index contributed by atoms with van der Waals surface area (Å²) in [5.74, 6) is 1.42. The molecule has 0 bridgehead atoms. The van der Waals surface area contributed by atoms with Gasteiger partial charge in [0.2, 0.25) is 0 Å². The van der Waals surface area contributed by atoms with Crippen molar-refractivity contribution in [3.05, 3.63) is 0 Å². The van der Waals surface area contributed by atoms with Gasteiger partial charge in [0.05, 0.1) is 12.7 Å². The molecule has 2 rings (SSSR count). The van der Waals surface area contributed by atoms with Gasteiger partial charge in [-0.05, 0) is 31.4 Å². The van der Waals surface area contributed by atoms with Gasteiger partial charge in [-0.25, -0.2) is 0 Å². The molecule has 0 aromatic rings. The van der Waals surface area contributed by atoms with Crippen LogP contribution in [0.1, 0.15) is 25.7 Å². The summed E-state index contributed by atoms with van der Waals surface area (Å²) in [6.45, 7) is 1.06. The topological polar surface area (TPSA) is 55.8 Å². The molecule has 17 heavy (non-hydrogen) atoms. The molecule has 2 saturated heterocycles. The lowest BCUT2D eigenvalue weighted by atomic mass is 9.65. The van der Waals surface area contributed by atoms with E-state index in [0.717, 1.165) is 12.2 Å². The first kappa shape index (κ1) is 13.2. The SMILES string of the molecule is COC(=O)C1(C2(O)CCCSC2)CCOCC1.